The molecule has 6 nitrogen and oxygen atoms in total. The summed E-state index contributed by atoms with van der Waals surface area (Å²) < 4.78 is 5.62. The molecule has 0 aliphatic carbocycles. The molecule has 0 spiro atoms. The molecule has 1 aliphatic rings. The molecule has 1 amide bonds. The van der Waals surface area contributed by atoms with E-state index in [4.69, 9.17) is 10.5 Å². The van der Waals surface area contributed by atoms with E-state index in [1.807, 2.05) is 13.8 Å². The standard InChI is InChI=1S/C11H18N4O2/c1-7-5-15(6-9(3-12)17-7)11(16)10-4-13-14-8(10)2/h4,7,9H,3,5-6,12H2,1-2H3,(H,13,14). The lowest BCUT2D eigenvalue weighted by Crippen LogP contribution is -2.51. The van der Waals surface area contributed by atoms with Crippen LogP contribution in [0.15, 0.2) is 6.20 Å². The van der Waals surface area contributed by atoms with Gasteiger partial charge in [-0.2, -0.15) is 5.10 Å². The van der Waals surface area contributed by atoms with Gasteiger partial charge in [-0.25, -0.2) is 0 Å². The van der Waals surface area contributed by atoms with Crippen LogP contribution in [0, 0.1) is 6.92 Å². The number of hydrogen-bond donors (Lipinski definition) is 2. The highest BCUT2D eigenvalue weighted by atomic mass is 16.5. The van der Waals surface area contributed by atoms with Crippen LogP contribution >= 0.6 is 0 Å². The van der Waals surface area contributed by atoms with Crippen molar-refractivity contribution in [3.63, 3.8) is 0 Å². The minimum Gasteiger partial charge on any atom is -0.370 e. The van der Waals surface area contributed by atoms with Crippen LogP contribution < -0.4 is 5.73 Å². The monoisotopic (exact) mass is 238 g/mol. The molecular formula is C11H18N4O2. The Balaban J connectivity index is 2.11. The quantitative estimate of drug-likeness (QED) is 0.754. The third kappa shape index (κ3) is 2.48. The van der Waals surface area contributed by atoms with Gasteiger partial charge in [-0.05, 0) is 13.8 Å². The van der Waals surface area contributed by atoms with Crippen LogP contribution in [0.3, 0.4) is 0 Å². The van der Waals surface area contributed by atoms with Crippen molar-refractivity contribution in [2.24, 2.45) is 5.73 Å². The minimum atomic E-state index is -0.0742. The van der Waals surface area contributed by atoms with Crippen molar-refractivity contribution in [1.29, 1.82) is 0 Å². The number of hydrogen-bond acceptors (Lipinski definition) is 4. The number of aryl methyl sites for hydroxylation is 1. The van der Waals surface area contributed by atoms with Crippen LogP contribution in [-0.2, 0) is 4.74 Å². The molecule has 1 saturated heterocycles. The normalized spacial score (nSPS) is 25.0. The van der Waals surface area contributed by atoms with Crippen molar-refractivity contribution in [2.45, 2.75) is 26.1 Å². The van der Waals surface area contributed by atoms with Crippen molar-refractivity contribution in [3.05, 3.63) is 17.5 Å². The number of carbonyl (C=O) groups is 1. The van der Waals surface area contributed by atoms with Crippen molar-refractivity contribution in [2.75, 3.05) is 19.6 Å². The third-order valence-electron chi connectivity index (χ3n) is 2.94. The number of ether oxygens (including phenoxy) is 1. The molecule has 0 aromatic carbocycles. The molecule has 0 bridgehead atoms. The highest BCUT2D eigenvalue weighted by Gasteiger charge is 2.29. The lowest BCUT2D eigenvalue weighted by molar-refractivity contribution is -0.0626. The van der Waals surface area contributed by atoms with E-state index in [1.54, 1.807) is 11.1 Å². The molecule has 1 aliphatic heterocycles. The van der Waals surface area contributed by atoms with E-state index in [-0.39, 0.29) is 18.1 Å². The molecular weight excluding hydrogens is 220 g/mol. The fourth-order valence-corrected chi connectivity index (χ4v) is 2.08. The number of rotatable bonds is 2. The number of carbonyl (C=O) groups excluding carboxylic acids is 1. The van der Waals surface area contributed by atoms with Gasteiger partial charge in [0.05, 0.1) is 24.0 Å². The molecule has 1 aromatic rings. The zero-order chi connectivity index (χ0) is 12.4. The number of nitrogens with two attached hydrogens (primary N) is 1. The lowest BCUT2D eigenvalue weighted by Gasteiger charge is -2.36. The smallest absolute Gasteiger partial charge is 0.257 e. The summed E-state index contributed by atoms with van der Waals surface area (Å²) in [5.74, 6) is -0.00940. The Morgan fingerprint density at radius 1 is 1.71 bits per heavy atom. The summed E-state index contributed by atoms with van der Waals surface area (Å²) in [6, 6.07) is 0. The van der Waals surface area contributed by atoms with E-state index in [0.29, 0.717) is 25.2 Å². The fourth-order valence-electron chi connectivity index (χ4n) is 2.08. The number of nitrogens with one attached hydrogen (secondary N) is 1. The Morgan fingerprint density at radius 2 is 2.47 bits per heavy atom. The van der Waals surface area contributed by atoms with Gasteiger partial charge in [-0.15, -0.1) is 0 Å². The summed E-state index contributed by atoms with van der Waals surface area (Å²) in [6.07, 6.45) is 1.51. The SMILES string of the molecule is Cc1[nH]ncc1C(=O)N1CC(C)OC(CN)C1. The average Bonchev–Trinajstić information content (AvgIpc) is 2.73. The molecule has 17 heavy (non-hydrogen) atoms. The molecule has 2 atom stereocenters. The van der Waals surface area contributed by atoms with Gasteiger partial charge in [0.2, 0.25) is 0 Å². The number of nitrogens with zero attached hydrogens (tertiary/aromatic N) is 2. The van der Waals surface area contributed by atoms with E-state index in [9.17, 15) is 4.79 Å². The van der Waals surface area contributed by atoms with E-state index < -0.39 is 0 Å². The van der Waals surface area contributed by atoms with Crippen LogP contribution in [0.5, 0.6) is 0 Å². The predicted octanol–water partition coefficient (Wildman–Crippen LogP) is -0.0937. The van der Waals surface area contributed by atoms with Crippen molar-refractivity contribution in [3.8, 4) is 0 Å². The van der Waals surface area contributed by atoms with E-state index in [1.165, 1.54) is 0 Å². The Bertz CT molecular complexity index is 404. The van der Waals surface area contributed by atoms with Gasteiger partial charge < -0.3 is 15.4 Å². The highest BCUT2D eigenvalue weighted by molar-refractivity contribution is 5.95. The number of aromatic amines is 1. The average molecular weight is 238 g/mol. The van der Waals surface area contributed by atoms with Gasteiger partial charge in [-0.1, -0.05) is 0 Å². The Morgan fingerprint density at radius 3 is 3.06 bits per heavy atom. The number of amides is 1. The molecule has 6 heteroatoms. The molecule has 2 heterocycles. The number of aromatic nitrogens is 2. The Hall–Kier alpha value is -1.40. The fraction of sp³-hybridized carbons (Fsp3) is 0.636. The summed E-state index contributed by atoms with van der Waals surface area (Å²) in [4.78, 5) is 14.0. The first-order valence-electron chi connectivity index (χ1n) is 5.76. The second-order valence-electron chi connectivity index (χ2n) is 4.42. The minimum absolute atomic E-state index is 0.00940. The molecule has 1 fully saturated rings. The predicted molar refractivity (Wildman–Crippen MR) is 62.6 cm³/mol. The van der Waals surface area contributed by atoms with E-state index in [2.05, 4.69) is 10.2 Å². The Labute approximate surface area is 100 Å². The first-order chi connectivity index (χ1) is 8.11. The molecule has 0 radical (unpaired) electrons. The summed E-state index contributed by atoms with van der Waals surface area (Å²) in [7, 11) is 0. The van der Waals surface area contributed by atoms with Crippen LogP contribution in [0.4, 0.5) is 0 Å². The first-order valence-corrected chi connectivity index (χ1v) is 5.76. The van der Waals surface area contributed by atoms with E-state index >= 15 is 0 Å². The van der Waals surface area contributed by atoms with Crippen LogP contribution in [-0.4, -0.2) is 52.8 Å². The maximum atomic E-state index is 12.3. The lowest BCUT2D eigenvalue weighted by atomic mass is 10.1. The molecule has 3 N–H and O–H groups in total. The van der Waals surface area contributed by atoms with Gasteiger partial charge in [0.1, 0.15) is 0 Å². The maximum absolute atomic E-state index is 12.3. The first kappa shape index (κ1) is 12.1. The zero-order valence-electron chi connectivity index (χ0n) is 10.1. The van der Waals surface area contributed by atoms with Crippen molar-refractivity contribution < 1.29 is 9.53 Å². The van der Waals surface area contributed by atoms with Crippen LogP contribution in [0.1, 0.15) is 23.0 Å². The summed E-state index contributed by atoms with van der Waals surface area (Å²) in [6.45, 7) is 5.36. The summed E-state index contributed by atoms with van der Waals surface area (Å²) >= 11 is 0. The Kier molecular flexibility index (Phi) is 3.44. The molecule has 2 unspecified atom stereocenters. The van der Waals surface area contributed by atoms with E-state index in [0.717, 1.165) is 5.69 Å². The molecule has 0 saturated carbocycles. The van der Waals surface area contributed by atoms with Gasteiger partial charge in [0.25, 0.3) is 5.91 Å². The van der Waals surface area contributed by atoms with Crippen molar-refractivity contribution >= 4 is 5.91 Å². The second kappa shape index (κ2) is 4.85. The molecule has 94 valence electrons. The zero-order valence-corrected chi connectivity index (χ0v) is 10.1. The largest absolute Gasteiger partial charge is 0.370 e. The van der Waals surface area contributed by atoms with Gasteiger partial charge in [-0.3, -0.25) is 9.89 Å². The number of morpholine rings is 1. The molecule has 2 rings (SSSR count). The maximum Gasteiger partial charge on any atom is 0.257 e. The van der Waals surface area contributed by atoms with Gasteiger partial charge in [0, 0.05) is 25.3 Å². The summed E-state index contributed by atoms with van der Waals surface area (Å²) in [5, 5.41) is 6.64. The molecule has 1 aromatic heterocycles. The second-order valence-corrected chi connectivity index (χ2v) is 4.42. The third-order valence-corrected chi connectivity index (χ3v) is 2.94. The van der Waals surface area contributed by atoms with Gasteiger partial charge >= 0.3 is 0 Å². The topological polar surface area (TPSA) is 84.2 Å². The van der Waals surface area contributed by atoms with Crippen LogP contribution in [0.25, 0.3) is 0 Å². The van der Waals surface area contributed by atoms with Gasteiger partial charge in [0.15, 0.2) is 0 Å². The number of H-pyrrole nitrogens is 1. The summed E-state index contributed by atoms with van der Waals surface area (Å²) in [5.41, 5.74) is 7.01. The van der Waals surface area contributed by atoms with Crippen LogP contribution in [0.2, 0.25) is 0 Å². The highest BCUT2D eigenvalue weighted by Crippen LogP contribution is 2.15. The van der Waals surface area contributed by atoms with Crippen molar-refractivity contribution in [1.82, 2.24) is 15.1 Å².